The van der Waals surface area contributed by atoms with E-state index >= 15 is 0 Å². The van der Waals surface area contributed by atoms with Crippen molar-refractivity contribution in [3.8, 4) is 0 Å². The highest BCUT2D eigenvalue weighted by molar-refractivity contribution is 6.31. The molecule has 0 saturated heterocycles. The quantitative estimate of drug-likeness (QED) is 0.472. The summed E-state index contributed by atoms with van der Waals surface area (Å²) in [4.78, 5) is 17.5. The third kappa shape index (κ3) is 3.24. The zero-order chi connectivity index (χ0) is 13.0. The summed E-state index contributed by atoms with van der Waals surface area (Å²) >= 11 is 5.64. The van der Waals surface area contributed by atoms with E-state index in [1.165, 1.54) is 0 Å². The summed E-state index contributed by atoms with van der Waals surface area (Å²) in [5, 5.41) is 22.4. The molecular weight excluding hydrogens is 248 g/mol. The fraction of sp³-hybridized carbons (Fsp3) is 0.556. The van der Waals surface area contributed by atoms with Gasteiger partial charge in [-0.25, -0.2) is 9.97 Å². The molecule has 1 aromatic heterocycles. The summed E-state index contributed by atoms with van der Waals surface area (Å²) in [5.74, 6) is -0.00820. The Bertz CT molecular complexity index is 415. The van der Waals surface area contributed by atoms with Gasteiger partial charge < -0.3 is 10.4 Å². The Balaban J connectivity index is 2.98. The summed E-state index contributed by atoms with van der Waals surface area (Å²) in [7, 11) is 0. The van der Waals surface area contributed by atoms with Crippen molar-refractivity contribution >= 4 is 23.1 Å². The van der Waals surface area contributed by atoms with E-state index in [2.05, 4.69) is 15.3 Å². The maximum absolute atomic E-state index is 10.8. The minimum atomic E-state index is -0.638. The average molecular weight is 261 g/mol. The van der Waals surface area contributed by atoms with Crippen molar-refractivity contribution in [2.75, 3.05) is 11.9 Å². The van der Waals surface area contributed by atoms with Crippen molar-refractivity contribution in [2.45, 2.75) is 19.9 Å². The molecule has 2 unspecified atom stereocenters. The van der Waals surface area contributed by atoms with Crippen LogP contribution < -0.4 is 5.32 Å². The Morgan fingerprint density at radius 1 is 1.59 bits per heavy atom. The van der Waals surface area contributed by atoms with Crippen LogP contribution in [0.2, 0.25) is 5.15 Å². The van der Waals surface area contributed by atoms with E-state index in [1.54, 1.807) is 6.92 Å². The highest BCUT2D eigenvalue weighted by Gasteiger charge is 2.23. The lowest BCUT2D eigenvalue weighted by atomic mass is 10.1. The predicted molar refractivity (Wildman–Crippen MR) is 63.0 cm³/mol. The van der Waals surface area contributed by atoms with Crippen LogP contribution in [0.4, 0.5) is 11.5 Å². The lowest BCUT2D eigenvalue weighted by molar-refractivity contribution is -0.384. The number of hydrogen-bond acceptors (Lipinski definition) is 6. The molecular formula is C9H13ClN4O3. The molecule has 1 heterocycles. The van der Waals surface area contributed by atoms with E-state index in [4.69, 9.17) is 16.7 Å². The molecule has 0 fully saturated rings. The van der Waals surface area contributed by atoms with E-state index in [1.807, 2.05) is 6.92 Å². The van der Waals surface area contributed by atoms with Gasteiger partial charge in [-0.3, -0.25) is 10.1 Å². The lowest BCUT2D eigenvalue weighted by Crippen LogP contribution is -2.27. The molecule has 17 heavy (non-hydrogen) atoms. The van der Waals surface area contributed by atoms with Crippen LogP contribution in [0.15, 0.2) is 6.33 Å². The second kappa shape index (κ2) is 5.74. The number of halogens is 1. The predicted octanol–water partition coefficient (Wildman–Crippen LogP) is 1.47. The summed E-state index contributed by atoms with van der Waals surface area (Å²) < 4.78 is 0. The Labute approximate surface area is 103 Å². The number of anilines is 1. The average Bonchev–Trinajstić information content (AvgIpc) is 2.27. The van der Waals surface area contributed by atoms with Gasteiger partial charge in [0.25, 0.3) is 0 Å². The van der Waals surface area contributed by atoms with E-state index in [0.29, 0.717) is 0 Å². The SMILES string of the molecule is CC(CO)C(C)Nc1ncnc(Cl)c1[N+](=O)[O-]. The third-order valence-corrected chi connectivity index (χ3v) is 2.74. The molecule has 0 saturated carbocycles. The third-order valence-electron chi connectivity index (χ3n) is 2.47. The van der Waals surface area contributed by atoms with Crippen LogP contribution >= 0.6 is 11.6 Å². The molecule has 8 heteroatoms. The number of aromatic nitrogens is 2. The largest absolute Gasteiger partial charge is 0.396 e. The monoisotopic (exact) mass is 260 g/mol. The molecule has 0 aromatic carbocycles. The summed E-state index contributed by atoms with van der Waals surface area (Å²) in [5.41, 5.74) is -0.355. The van der Waals surface area contributed by atoms with Gasteiger partial charge in [0.2, 0.25) is 11.0 Å². The van der Waals surface area contributed by atoms with Crippen LogP contribution in [0.25, 0.3) is 0 Å². The molecule has 0 aliphatic rings. The molecule has 2 N–H and O–H groups in total. The minimum Gasteiger partial charge on any atom is -0.396 e. The van der Waals surface area contributed by atoms with Crippen molar-refractivity contribution in [2.24, 2.45) is 5.92 Å². The van der Waals surface area contributed by atoms with Crippen molar-refractivity contribution in [1.82, 2.24) is 9.97 Å². The van der Waals surface area contributed by atoms with Gasteiger partial charge in [-0.15, -0.1) is 0 Å². The molecule has 0 amide bonds. The second-order valence-corrected chi connectivity index (χ2v) is 4.07. The number of rotatable bonds is 5. The maximum atomic E-state index is 10.8. The Hall–Kier alpha value is -1.47. The molecule has 0 aliphatic carbocycles. The standard InChI is InChI=1S/C9H13ClN4O3/c1-5(3-15)6(2)13-9-7(14(16)17)8(10)11-4-12-9/h4-6,15H,3H2,1-2H3,(H,11,12,13). The highest BCUT2D eigenvalue weighted by Crippen LogP contribution is 2.29. The van der Waals surface area contributed by atoms with Crippen molar-refractivity contribution in [1.29, 1.82) is 0 Å². The second-order valence-electron chi connectivity index (χ2n) is 3.71. The van der Waals surface area contributed by atoms with Gasteiger partial charge >= 0.3 is 5.69 Å². The van der Waals surface area contributed by atoms with Crippen molar-refractivity contribution in [3.63, 3.8) is 0 Å². The van der Waals surface area contributed by atoms with Gasteiger partial charge in [-0.1, -0.05) is 18.5 Å². The number of nitrogens with zero attached hydrogens (tertiary/aromatic N) is 3. The summed E-state index contributed by atoms with van der Waals surface area (Å²) in [6.45, 7) is 3.58. The van der Waals surface area contributed by atoms with Crippen LogP contribution in [-0.4, -0.2) is 32.6 Å². The summed E-state index contributed by atoms with van der Waals surface area (Å²) in [6, 6.07) is -0.176. The summed E-state index contributed by atoms with van der Waals surface area (Å²) in [6.07, 6.45) is 1.15. The van der Waals surface area contributed by atoms with Crippen LogP contribution in [0.1, 0.15) is 13.8 Å². The Kier molecular flexibility index (Phi) is 4.59. The number of aliphatic hydroxyl groups is 1. The first-order valence-corrected chi connectivity index (χ1v) is 5.37. The van der Waals surface area contributed by atoms with Gasteiger partial charge in [0.15, 0.2) is 0 Å². The molecule has 94 valence electrons. The zero-order valence-corrected chi connectivity index (χ0v) is 10.2. The Morgan fingerprint density at radius 2 is 2.24 bits per heavy atom. The van der Waals surface area contributed by atoms with Gasteiger partial charge in [-0.05, 0) is 12.8 Å². The van der Waals surface area contributed by atoms with Crippen LogP contribution in [0, 0.1) is 16.0 Å². The van der Waals surface area contributed by atoms with Gasteiger partial charge in [0.1, 0.15) is 6.33 Å². The Morgan fingerprint density at radius 3 is 2.76 bits per heavy atom. The lowest BCUT2D eigenvalue weighted by Gasteiger charge is -2.19. The highest BCUT2D eigenvalue weighted by atomic mass is 35.5. The normalized spacial score (nSPS) is 14.1. The zero-order valence-electron chi connectivity index (χ0n) is 9.42. The fourth-order valence-electron chi connectivity index (χ4n) is 1.14. The molecule has 1 rings (SSSR count). The first-order valence-electron chi connectivity index (χ1n) is 4.99. The first-order chi connectivity index (χ1) is 7.97. The number of hydrogen-bond donors (Lipinski definition) is 2. The van der Waals surface area contributed by atoms with Crippen molar-refractivity contribution in [3.05, 3.63) is 21.6 Å². The minimum absolute atomic E-state index is 0.0270. The topological polar surface area (TPSA) is 101 Å². The van der Waals surface area contributed by atoms with Gasteiger partial charge in [-0.2, -0.15) is 0 Å². The molecule has 7 nitrogen and oxygen atoms in total. The molecule has 0 spiro atoms. The van der Waals surface area contributed by atoms with E-state index in [9.17, 15) is 10.1 Å². The van der Waals surface area contributed by atoms with E-state index < -0.39 is 4.92 Å². The first kappa shape index (κ1) is 13.6. The molecule has 0 bridgehead atoms. The van der Waals surface area contributed by atoms with Gasteiger partial charge in [0, 0.05) is 12.6 Å². The molecule has 2 atom stereocenters. The fourth-order valence-corrected chi connectivity index (χ4v) is 1.34. The molecule has 0 radical (unpaired) electrons. The van der Waals surface area contributed by atoms with E-state index in [-0.39, 0.29) is 35.2 Å². The smallest absolute Gasteiger partial charge is 0.348 e. The van der Waals surface area contributed by atoms with Crippen LogP contribution in [0.5, 0.6) is 0 Å². The van der Waals surface area contributed by atoms with Crippen LogP contribution in [-0.2, 0) is 0 Å². The van der Waals surface area contributed by atoms with E-state index in [0.717, 1.165) is 6.33 Å². The number of nitrogens with one attached hydrogen (secondary N) is 1. The maximum Gasteiger partial charge on any atom is 0.348 e. The number of nitro groups is 1. The molecule has 0 aliphatic heterocycles. The van der Waals surface area contributed by atoms with Gasteiger partial charge in [0.05, 0.1) is 4.92 Å². The molecule has 1 aromatic rings. The van der Waals surface area contributed by atoms with Crippen LogP contribution in [0.3, 0.4) is 0 Å². The van der Waals surface area contributed by atoms with Crippen molar-refractivity contribution < 1.29 is 10.0 Å². The number of aliphatic hydroxyl groups excluding tert-OH is 1.